The Morgan fingerprint density at radius 1 is 1.19 bits per heavy atom. The predicted molar refractivity (Wildman–Crippen MR) is 90.9 cm³/mol. The minimum atomic E-state index is 0.188. The van der Waals surface area contributed by atoms with E-state index in [1.807, 2.05) is 0 Å². The van der Waals surface area contributed by atoms with E-state index in [1.54, 1.807) is 0 Å². The summed E-state index contributed by atoms with van der Waals surface area (Å²) in [7, 11) is 0. The smallest absolute Gasteiger partial charge is 0.0713 e. The number of nitrogens with one attached hydrogen (secondary N) is 1. The second-order valence-electron chi connectivity index (χ2n) is 6.38. The number of hydrogen-bond donors (Lipinski definition) is 1. The molecule has 1 atom stereocenters. The monoisotopic (exact) mass is 305 g/mol. The van der Waals surface area contributed by atoms with Crippen molar-refractivity contribution in [3.8, 4) is 0 Å². The van der Waals surface area contributed by atoms with Crippen LogP contribution in [0.1, 0.15) is 43.7 Å². The maximum Gasteiger partial charge on any atom is 0.0713 e. The van der Waals surface area contributed by atoms with E-state index in [1.165, 1.54) is 41.9 Å². The van der Waals surface area contributed by atoms with Crippen molar-refractivity contribution in [1.82, 2.24) is 5.32 Å². The first-order valence-electron chi connectivity index (χ1n) is 8.33. The molecule has 0 saturated carbocycles. The normalized spacial score (nSPS) is 25.1. The summed E-state index contributed by atoms with van der Waals surface area (Å²) < 4.78 is 6.17. The molecule has 2 nitrogen and oxygen atoms in total. The van der Waals surface area contributed by atoms with Gasteiger partial charge in [0.1, 0.15) is 0 Å². The molecule has 3 rings (SSSR count). The zero-order valence-corrected chi connectivity index (χ0v) is 13.9. The molecule has 0 aromatic heterocycles. The number of benzene rings is 1. The largest absolute Gasteiger partial charge is 0.375 e. The predicted octanol–water partition coefficient (Wildman–Crippen LogP) is 3.78. The summed E-state index contributed by atoms with van der Waals surface area (Å²) in [6.45, 7) is 4.12. The average molecular weight is 305 g/mol. The molecule has 3 heteroatoms. The fourth-order valence-corrected chi connectivity index (χ4v) is 4.69. The summed E-state index contributed by atoms with van der Waals surface area (Å²) in [5.41, 5.74) is 3.00. The Hall–Kier alpha value is -0.510. The van der Waals surface area contributed by atoms with E-state index in [0.717, 1.165) is 26.0 Å². The standard InChI is InChI=1S/C18H27NOS/c1-2-15-3-5-16(6-4-15)14-19-17-7-10-20-18(13-17)8-11-21-12-9-18/h3-6,17,19H,2,7-14H2,1H3. The minimum absolute atomic E-state index is 0.188. The van der Waals surface area contributed by atoms with Gasteiger partial charge in [-0.3, -0.25) is 0 Å². The van der Waals surface area contributed by atoms with E-state index in [0.29, 0.717) is 6.04 Å². The summed E-state index contributed by atoms with van der Waals surface area (Å²) in [4.78, 5) is 0. The third kappa shape index (κ3) is 4.02. The molecule has 116 valence electrons. The maximum absolute atomic E-state index is 6.17. The molecule has 2 heterocycles. The first-order valence-corrected chi connectivity index (χ1v) is 9.48. The van der Waals surface area contributed by atoms with Crippen LogP contribution in [0.15, 0.2) is 24.3 Å². The van der Waals surface area contributed by atoms with Gasteiger partial charge in [0, 0.05) is 19.2 Å². The molecular weight excluding hydrogens is 278 g/mol. The Morgan fingerprint density at radius 3 is 2.62 bits per heavy atom. The Bertz CT molecular complexity index is 434. The Morgan fingerprint density at radius 2 is 1.90 bits per heavy atom. The van der Waals surface area contributed by atoms with Crippen LogP contribution >= 0.6 is 11.8 Å². The summed E-state index contributed by atoms with van der Waals surface area (Å²) in [5, 5.41) is 3.76. The molecule has 0 amide bonds. The van der Waals surface area contributed by atoms with Crippen molar-refractivity contribution >= 4 is 11.8 Å². The highest BCUT2D eigenvalue weighted by atomic mass is 32.2. The molecule has 0 aliphatic carbocycles. The quantitative estimate of drug-likeness (QED) is 0.914. The summed E-state index contributed by atoms with van der Waals surface area (Å²) in [5.74, 6) is 2.54. The van der Waals surface area contributed by atoms with E-state index in [-0.39, 0.29) is 5.60 Å². The van der Waals surface area contributed by atoms with Gasteiger partial charge in [-0.05, 0) is 54.7 Å². The molecule has 1 N–H and O–H groups in total. The number of rotatable bonds is 4. The van der Waals surface area contributed by atoms with Crippen LogP contribution in [-0.2, 0) is 17.7 Å². The van der Waals surface area contributed by atoms with Gasteiger partial charge in [-0.1, -0.05) is 31.2 Å². The van der Waals surface area contributed by atoms with Crippen LogP contribution in [0.2, 0.25) is 0 Å². The van der Waals surface area contributed by atoms with Crippen molar-refractivity contribution in [2.45, 2.75) is 57.2 Å². The molecule has 21 heavy (non-hydrogen) atoms. The van der Waals surface area contributed by atoms with Crippen LogP contribution in [0.3, 0.4) is 0 Å². The number of ether oxygens (including phenoxy) is 1. The lowest BCUT2D eigenvalue weighted by atomic mass is 9.85. The zero-order valence-electron chi connectivity index (χ0n) is 13.1. The highest BCUT2D eigenvalue weighted by molar-refractivity contribution is 7.99. The van der Waals surface area contributed by atoms with Gasteiger partial charge in [0.05, 0.1) is 5.60 Å². The van der Waals surface area contributed by atoms with Gasteiger partial charge in [-0.15, -0.1) is 0 Å². The van der Waals surface area contributed by atoms with Crippen LogP contribution in [0.5, 0.6) is 0 Å². The van der Waals surface area contributed by atoms with Crippen molar-refractivity contribution in [2.24, 2.45) is 0 Å². The third-order valence-electron chi connectivity index (χ3n) is 4.92. The summed E-state index contributed by atoms with van der Waals surface area (Å²) in [6, 6.07) is 9.64. The molecule has 1 aromatic carbocycles. The number of thioether (sulfide) groups is 1. The van der Waals surface area contributed by atoms with Gasteiger partial charge in [-0.2, -0.15) is 11.8 Å². The summed E-state index contributed by atoms with van der Waals surface area (Å²) >= 11 is 2.08. The van der Waals surface area contributed by atoms with Gasteiger partial charge in [0.15, 0.2) is 0 Å². The zero-order chi connectivity index (χ0) is 14.5. The van der Waals surface area contributed by atoms with Crippen molar-refractivity contribution in [1.29, 1.82) is 0 Å². The van der Waals surface area contributed by atoms with Crippen LogP contribution in [0.4, 0.5) is 0 Å². The van der Waals surface area contributed by atoms with Crippen molar-refractivity contribution in [3.63, 3.8) is 0 Å². The van der Waals surface area contributed by atoms with E-state index in [4.69, 9.17) is 4.74 Å². The second kappa shape index (κ2) is 7.17. The maximum atomic E-state index is 6.17. The molecule has 1 spiro atoms. The number of hydrogen-bond acceptors (Lipinski definition) is 3. The van der Waals surface area contributed by atoms with Gasteiger partial charge >= 0.3 is 0 Å². The van der Waals surface area contributed by atoms with Crippen molar-refractivity contribution in [3.05, 3.63) is 35.4 Å². The van der Waals surface area contributed by atoms with Crippen LogP contribution in [-0.4, -0.2) is 29.8 Å². The number of aryl methyl sites for hydroxylation is 1. The van der Waals surface area contributed by atoms with Crippen molar-refractivity contribution < 1.29 is 4.74 Å². The molecule has 2 fully saturated rings. The van der Waals surface area contributed by atoms with E-state index in [2.05, 4.69) is 48.3 Å². The second-order valence-corrected chi connectivity index (χ2v) is 7.61. The van der Waals surface area contributed by atoms with E-state index >= 15 is 0 Å². The Balaban J connectivity index is 1.52. The average Bonchev–Trinajstić information content (AvgIpc) is 2.54. The van der Waals surface area contributed by atoms with Gasteiger partial charge < -0.3 is 10.1 Å². The topological polar surface area (TPSA) is 21.3 Å². The molecular formula is C18H27NOS. The lowest BCUT2D eigenvalue weighted by Gasteiger charge is -2.43. The SMILES string of the molecule is CCc1ccc(CNC2CCOC3(CCSCC3)C2)cc1. The lowest BCUT2D eigenvalue weighted by molar-refractivity contribution is -0.0933. The molecule has 2 aliphatic heterocycles. The van der Waals surface area contributed by atoms with E-state index in [9.17, 15) is 0 Å². The minimum Gasteiger partial charge on any atom is -0.375 e. The molecule has 0 radical (unpaired) electrons. The van der Waals surface area contributed by atoms with Crippen LogP contribution in [0.25, 0.3) is 0 Å². The van der Waals surface area contributed by atoms with Crippen LogP contribution < -0.4 is 5.32 Å². The third-order valence-corrected chi connectivity index (χ3v) is 5.91. The molecule has 2 saturated heterocycles. The Kier molecular flexibility index (Phi) is 5.25. The lowest BCUT2D eigenvalue weighted by Crippen LogP contribution is -2.48. The highest BCUT2D eigenvalue weighted by Crippen LogP contribution is 2.37. The van der Waals surface area contributed by atoms with Crippen molar-refractivity contribution in [2.75, 3.05) is 18.1 Å². The highest BCUT2D eigenvalue weighted by Gasteiger charge is 2.38. The molecule has 1 aromatic rings. The Labute approximate surface area is 133 Å². The fourth-order valence-electron chi connectivity index (χ4n) is 3.45. The fraction of sp³-hybridized carbons (Fsp3) is 0.667. The molecule has 0 bridgehead atoms. The van der Waals surface area contributed by atoms with Gasteiger partial charge in [0.25, 0.3) is 0 Å². The molecule has 1 unspecified atom stereocenters. The first-order chi connectivity index (χ1) is 10.3. The first kappa shape index (κ1) is 15.4. The summed E-state index contributed by atoms with van der Waals surface area (Å²) in [6.07, 6.45) is 5.94. The van der Waals surface area contributed by atoms with Gasteiger partial charge in [0.2, 0.25) is 0 Å². The van der Waals surface area contributed by atoms with Gasteiger partial charge in [-0.25, -0.2) is 0 Å². The van der Waals surface area contributed by atoms with E-state index < -0.39 is 0 Å². The molecule has 2 aliphatic rings. The van der Waals surface area contributed by atoms with Crippen LogP contribution in [0, 0.1) is 0 Å².